The Hall–Kier alpha value is -2.22. The van der Waals surface area contributed by atoms with Crippen molar-refractivity contribution in [2.24, 2.45) is 5.14 Å². The third kappa shape index (κ3) is 4.91. The van der Waals surface area contributed by atoms with Crippen LogP contribution < -0.4 is 10.6 Å². The molecule has 0 spiro atoms. The van der Waals surface area contributed by atoms with Crippen LogP contribution in [-0.2, 0) is 14.8 Å². The topological polar surface area (TPSA) is 132 Å². The third-order valence-electron chi connectivity index (χ3n) is 4.47. The summed E-state index contributed by atoms with van der Waals surface area (Å²) in [5.41, 5.74) is 3.05. The largest absolute Gasteiger partial charge is 0.325 e. The minimum atomic E-state index is -3.80. The van der Waals surface area contributed by atoms with Gasteiger partial charge in [-0.15, -0.1) is 0 Å². The molecule has 2 heterocycles. The lowest BCUT2D eigenvalue weighted by Crippen LogP contribution is -2.47. The molecule has 0 radical (unpaired) electrons. The van der Waals surface area contributed by atoms with Gasteiger partial charge < -0.3 is 10.3 Å². The molecule has 26 heavy (non-hydrogen) atoms. The molecule has 1 aromatic rings. The summed E-state index contributed by atoms with van der Waals surface area (Å²) in [4.78, 5) is 18.2. The standard InChI is InChI=1S/C16H24N6O3S/c1-3-12(2)22(11-16(23)21-8-4-5-13(21)9-17)20-15-7-6-14(10-19-15)26(18,24)25/h6-7,10,12-13H,3-5,8,11H2,1-2H3,(H,19,20)(H2,18,24,25)/t12-,13?/m0/s1. The first kappa shape index (κ1) is 20.1. The first-order valence-electron chi connectivity index (χ1n) is 8.47. The average molecular weight is 380 g/mol. The van der Waals surface area contributed by atoms with Crippen LogP contribution in [0.3, 0.4) is 0 Å². The number of sulfonamides is 1. The highest BCUT2D eigenvalue weighted by atomic mass is 32.2. The van der Waals surface area contributed by atoms with Gasteiger partial charge in [0.05, 0.1) is 12.6 Å². The summed E-state index contributed by atoms with van der Waals surface area (Å²) in [6.07, 6.45) is 3.49. The van der Waals surface area contributed by atoms with Crippen LogP contribution in [0.4, 0.5) is 5.82 Å². The Balaban J connectivity index is 2.10. The van der Waals surface area contributed by atoms with Crippen molar-refractivity contribution in [2.75, 3.05) is 18.5 Å². The van der Waals surface area contributed by atoms with Crippen LogP contribution in [0, 0.1) is 11.3 Å². The maximum atomic E-state index is 12.6. The molecule has 1 unspecified atom stereocenters. The van der Waals surface area contributed by atoms with E-state index >= 15 is 0 Å². The minimum absolute atomic E-state index is 0.0295. The predicted octanol–water partition coefficient (Wildman–Crippen LogP) is 0.671. The van der Waals surface area contributed by atoms with Crippen molar-refractivity contribution >= 4 is 21.7 Å². The van der Waals surface area contributed by atoms with Gasteiger partial charge >= 0.3 is 0 Å². The average Bonchev–Trinajstić information content (AvgIpc) is 3.09. The van der Waals surface area contributed by atoms with Crippen molar-refractivity contribution in [3.63, 3.8) is 0 Å². The molecule has 0 saturated carbocycles. The smallest absolute Gasteiger partial charge is 0.239 e. The predicted molar refractivity (Wildman–Crippen MR) is 96.0 cm³/mol. The lowest BCUT2D eigenvalue weighted by Gasteiger charge is -2.31. The van der Waals surface area contributed by atoms with Gasteiger partial charge in [0.1, 0.15) is 16.8 Å². The Morgan fingerprint density at radius 3 is 2.85 bits per heavy atom. The number of nitrogens with one attached hydrogen (secondary N) is 1. The van der Waals surface area contributed by atoms with Crippen LogP contribution in [0.5, 0.6) is 0 Å². The number of nitrogens with two attached hydrogens (primary N) is 1. The van der Waals surface area contributed by atoms with Crippen molar-refractivity contribution in [3.05, 3.63) is 18.3 Å². The molecule has 10 heteroatoms. The summed E-state index contributed by atoms with van der Waals surface area (Å²) in [6, 6.07) is 4.68. The molecule has 0 aliphatic carbocycles. The molecule has 1 aromatic heterocycles. The fourth-order valence-corrected chi connectivity index (χ4v) is 3.18. The summed E-state index contributed by atoms with van der Waals surface area (Å²) < 4.78 is 22.6. The van der Waals surface area contributed by atoms with E-state index < -0.39 is 10.0 Å². The molecule has 0 bridgehead atoms. The Labute approximate surface area is 153 Å². The molecule has 9 nitrogen and oxygen atoms in total. The van der Waals surface area contributed by atoms with E-state index in [1.54, 1.807) is 9.91 Å². The Morgan fingerprint density at radius 2 is 2.31 bits per heavy atom. The van der Waals surface area contributed by atoms with E-state index in [4.69, 9.17) is 10.4 Å². The molecule has 0 aromatic carbocycles. The zero-order valence-electron chi connectivity index (χ0n) is 14.9. The van der Waals surface area contributed by atoms with Gasteiger partial charge in [0.25, 0.3) is 0 Å². The summed E-state index contributed by atoms with van der Waals surface area (Å²) in [5.74, 6) is 0.284. The number of anilines is 1. The first-order valence-corrected chi connectivity index (χ1v) is 10.0. The SMILES string of the molecule is CC[C@H](C)N(CC(=O)N1CCCC1C#N)Nc1ccc(S(N)(=O)=O)cn1. The van der Waals surface area contributed by atoms with Crippen molar-refractivity contribution in [2.45, 2.75) is 50.1 Å². The van der Waals surface area contributed by atoms with E-state index in [2.05, 4.69) is 16.5 Å². The van der Waals surface area contributed by atoms with E-state index in [-0.39, 0.29) is 29.4 Å². The number of rotatable bonds is 7. The van der Waals surface area contributed by atoms with Gasteiger partial charge in [-0.3, -0.25) is 4.79 Å². The Bertz CT molecular complexity index is 774. The highest BCUT2D eigenvalue weighted by Gasteiger charge is 2.30. The number of likely N-dealkylation sites (tertiary alicyclic amines) is 1. The van der Waals surface area contributed by atoms with Crippen molar-refractivity contribution in [1.82, 2.24) is 14.9 Å². The molecule has 1 aliphatic rings. The molecule has 1 saturated heterocycles. The molecule has 3 N–H and O–H groups in total. The molecular weight excluding hydrogens is 356 g/mol. The van der Waals surface area contributed by atoms with Gasteiger partial charge in [-0.2, -0.15) is 5.26 Å². The zero-order valence-corrected chi connectivity index (χ0v) is 15.7. The van der Waals surface area contributed by atoms with Crippen molar-refractivity contribution in [3.8, 4) is 6.07 Å². The molecule has 1 fully saturated rings. The van der Waals surface area contributed by atoms with Crippen LogP contribution in [0.15, 0.2) is 23.2 Å². The second-order valence-corrected chi connectivity index (χ2v) is 7.86. The second-order valence-electron chi connectivity index (χ2n) is 6.30. The van der Waals surface area contributed by atoms with Crippen molar-refractivity contribution in [1.29, 1.82) is 5.26 Å². The zero-order chi connectivity index (χ0) is 19.3. The van der Waals surface area contributed by atoms with Gasteiger partial charge in [0.15, 0.2) is 0 Å². The van der Waals surface area contributed by atoms with Crippen molar-refractivity contribution < 1.29 is 13.2 Å². The third-order valence-corrected chi connectivity index (χ3v) is 5.37. The number of amides is 1. The number of hydrazine groups is 1. The molecule has 142 valence electrons. The highest BCUT2D eigenvalue weighted by molar-refractivity contribution is 7.89. The number of aromatic nitrogens is 1. The van der Waals surface area contributed by atoms with Gasteiger partial charge in [-0.05, 0) is 38.3 Å². The quantitative estimate of drug-likeness (QED) is 0.664. The lowest BCUT2D eigenvalue weighted by atomic mass is 10.2. The monoisotopic (exact) mass is 380 g/mol. The lowest BCUT2D eigenvalue weighted by molar-refractivity contribution is -0.132. The highest BCUT2D eigenvalue weighted by Crippen LogP contribution is 2.18. The summed E-state index contributed by atoms with van der Waals surface area (Å²) >= 11 is 0. The van der Waals surface area contributed by atoms with Gasteiger partial charge in [0, 0.05) is 18.8 Å². The van der Waals surface area contributed by atoms with Crippen LogP contribution in [-0.4, -0.2) is 54.4 Å². The summed E-state index contributed by atoms with van der Waals surface area (Å²) in [6.45, 7) is 4.64. The molecular formula is C16H24N6O3S. The molecule has 2 atom stereocenters. The van der Waals surface area contributed by atoms with Crippen LogP contribution in [0.25, 0.3) is 0 Å². The van der Waals surface area contributed by atoms with Gasteiger partial charge in [-0.1, -0.05) is 6.92 Å². The number of carbonyl (C=O) groups excluding carboxylic acids is 1. The van der Waals surface area contributed by atoms with E-state index in [1.165, 1.54) is 18.3 Å². The molecule has 1 aliphatic heterocycles. The normalized spacial score (nSPS) is 18.6. The number of nitrogens with zero attached hydrogens (tertiary/aromatic N) is 4. The van der Waals surface area contributed by atoms with E-state index in [0.717, 1.165) is 12.8 Å². The fourth-order valence-electron chi connectivity index (χ4n) is 2.72. The van der Waals surface area contributed by atoms with E-state index in [0.29, 0.717) is 18.8 Å². The number of hydrogen-bond donors (Lipinski definition) is 2. The molecule has 1 amide bonds. The van der Waals surface area contributed by atoms with Crippen LogP contribution >= 0.6 is 0 Å². The van der Waals surface area contributed by atoms with E-state index in [1.807, 2.05) is 13.8 Å². The fraction of sp³-hybridized carbons (Fsp3) is 0.562. The minimum Gasteiger partial charge on any atom is -0.325 e. The summed E-state index contributed by atoms with van der Waals surface area (Å²) in [5, 5.41) is 16.0. The number of pyridine rings is 1. The number of carbonyl (C=O) groups is 1. The maximum Gasteiger partial charge on any atom is 0.239 e. The Morgan fingerprint density at radius 1 is 1.58 bits per heavy atom. The van der Waals surface area contributed by atoms with Gasteiger partial charge in [0.2, 0.25) is 15.9 Å². The number of nitriles is 1. The number of hydrogen-bond acceptors (Lipinski definition) is 7. The number of primary sulfonamides is 1. The second kappa shape index (κ2) is 8.44. The Kier molecular flexibility index (Phi) is 6.52. The maximum absolute atomic E-state index is 12.6. The van der Waals surface area contributed by atoms with Crippen LogP contribution in [0.2, 0.25) is 0 Å². The first-order chi connectivity index (χ1) is 12.3. The van der Waals surface area contributed by atoms with E-state index in [9.17, 15) is 13.2 Å². The van der Waals surface area contributed by atoms with Crippen LogP contribution in [0.1, 0.15) is 33.1 Å². The van der Waals surface area contributed by atoms with Gasteiger partial charge in [-0.25, -0.2) is 23.5 Å². The summed E-state index contributed by atoms with van der Waals surface area (Å²) in [7, 11) is -3.80. The molecule has 2 rings (SSSR count).